The molecule has 0 aliphatic carbocycles. The van der Waals surface area contributed by atoms with Gasteiger partial charge in [0.2, 0.25) is 0 Å². The topological polar surface area (TPSA) is 93.1 Å². The fraction of sp³-hybridized carbons (Fsp3) is 0.300. The number of aliphatic hydroxyl groups is 2. The summed E-state index contributed by atoms with van der Waals surface area (Å²) in [6.45, 7) is 0.187. The Labute approximate surface area is 272 Å². The predicted octanol–water partition coefficient (Wildman–Crippen LogP) is 8.15. The van der Waals surface area contributed by atoms with E-state index in [1.807, 2.05) is 84.9 Å². The van der Waals surface area contributed by atoms with Crippen LogP contribution in [-0.2, 0) is 22.3 Å². The van der Waals surface area contributed by atoms with E-state index in [1.165, 1.54) is 0 Å². The summed E-state index contributed by atoms with van der Waals surface area (Å²) in [6, 6.07) is 33.9. The Kier molecular flexibility index (Phi) is 14.3. The molecule has 0 radical (unpaired) electrons. The Morgan fingerprint density at radius 3 is 1.26 bits per heavy atom. The Hall–Kier alpha value is -4.52. The number of esters is 2. The molecule has 6 heteroatoms. The number of aliphatic hydroxyl groups excluding tert-OH is 2. The van der Waals surface area contributed by atoms with Crippen LogP contribution in [0.15, 0.2) is 121 Å². The molecule has 0 aliphatic heterocycles. The molecule has 4 aromatic carbocycles. The number of ether oxygens (including phenoxy) is 2. The number of allylic oxidation sites excluding steroid dienone is 2. The van der Waals surface area contributed by atoms with Gasteiger partial charge in [-0.3, -0.25) is 0 Å². The summed E-state index contributed by atoms with van der Waals surface area (Å²) in [5.41, 5.74) is 5.01. The molecule has 46 heavy (non-hydrogen) atoms. The van der Waals surface area contributed by atoms with Gasteiger partial charge in [-0.05, 0) is 97.9 Å². The van der Waals surface area contributed by atoms with Crippen molar-refractivity contribution in [3.8, 4) is 0 Å². The Morgan fingerprint density at radius 1 is 0.543 bits per heavy atom. The number of hydrogen-bond donors (Lipinski definition) is 2. The predicted molar refractivity (Wildman–Crippen MR) is 181 cm³/mol. The summed E-state index contributed by atoms with van der Waals surface area (Å²) < 4.78 is 11.9. The molecule has 0 aliphatic rings. The van der Waals surface area contributed by atoms with Gasteiger partial charge in [0.05, 0.1) is 11.1 Å². The van der Waals surface area contributed by atoms with E-state index in [0.29, 0.717) is 36.8 Å². The van der Waals surface area contributed by atoms with E-state index < -0.39 is 0 Å². The molecule has 6 nitrogen and oxygen atoms in total. The van der Waals surface area contributed by atoms with Gasteiger partial charge in [0.1, 0.15) is 12.2 Å². The van der Waals surface area contributed by atoms with Crippen molar-refractivity contribution in [3.05, 3.63) is 155 Å². The standard InChI is InChI=1S/C40H44O6/c41-29-27-31-19-23-33(24-20-31)37(45-39(43)35-13-7-5-8-14-35)17-11-3-1-2-4-12-18-38(34-25-21-32(22-26-34)28-30-42)46-40(44)36-15-9-6-10-16-36/h1-2,5-10,13-16,19-26,37-38,41-42H,3-4,11-12,17-18,27-30H2/b2-1+. The second kappa shape index (κ2) is 19.1. The highest BCUT2D eigenvalue weighted by molar-refractivity contribution is 5.90. The van der Waals surface area contributed by atoms with E-state index in [0.717, 1.165) is 47.9 Å². The largest absolute Gasteiger partial charge is 0.454 e. The minimum Gasteiger partial charge on any atom is -0.454 e. The van der Waals surface area contributed by atoms with E-state index in [2.05, 4.69) is 12.2 Å². The first-order valence-corrected chi connectivity index (χ1v) is 16.1. The van der Waals surface area contributed by atoms with E-state index in [4.69, 9.17) is 9.47 Å². The highest BCUT2D eigenvalue weighted by atomic mass is 16.5. The van der Waals surface area contributed by atoms with Crippen LogP contribution in [0.4, 0.5) is 0 Å². The summed E-state index contributed by atoms with van der Waals surface area (Å²) in [5.74, 6) is -0.683. The van der Waals surface area contributed by atoms with Crippen molar-refractivity contribution in [2.45, 2.75) is 63.6 Å². The quantitative estimate of drug-likeness (QED) is 0.0663. The lowest BCUT2D eigenvalue weighted by atomic mass is 10.00. The third-order valence-electron chi connectivity index (χ3n) is 7.86. The lowest BCUT2D eigenvalue weighted by Gasteiger charge is -2.19. The molecule has 0 spiro atoms. The van der Waals surface area contributed by atoms with Crippen LogP contribution in [0.3, 0.4) is 0 Å². The molecule has 4 rings (SSSR count). The van der Waals surface area contributed by atoms with E-state index in [1.54, 1.807) is 24.3 Å². The maximum Gasteiger partial charge on any atom is 0.338 e. The summed E-state index contributed by atoms with van der Waals surface area (Å²) in [4.78, 5) is 25.7. The third kappa shape index (κ3) is 11.1. The molecule has 0 aromatic heterocycles. The smallest absolute Gasteiger partial charge is 0.338 e. The van der Waals surface area contributed by atoms with E-state index in [9.17, 15) is 19.8 Å². The van der Waals surface area contributed by atoms with Gasteiger partial charge in [-0.25, -0.2) is 9.59 Å². The van der Waals surface area contributed by atoms with Gasteiger partial charge in [-0.15, -0.1) is 0 Å². The van der Waals surface area contributed by atoms with Crippen LogP contribution in [-0.4, -0.2) is 35.4 Å². The van der Waals surface area contributed by atoms with Gasteiger partial charge in [0, 0.05) is 13.2 Å². The number of unbranched alkanes of at least 4 members (excludes halogenated alkanes) is 2. The second-order valence-electron chi connectivity index (χ2n) is 11.3. The van der Waals surface area contributed by atoms with Crippen LogP contribution >= 0.6 is 0 Å². The van der Waals surface area contributed by atoms with Crippen molar-refractivity contribution in [1.29, 1.82) is 0 Å². The normalized spacial score (nSPS) is 12.5. The summed E-state index contributed by atoms with van der Waals surface area (Å²) in [7, 11) is 0. The minimum atomic E-state index is -0.367. The van der Waals surface area contributed by atoms with Crippen molar-refractivity contribution in [2.24, 2.45) is 0 Å². The van der Waals surface area contributed by atoms with Crippen LogP contribution < -0.4 is 0 Å². The van der Waals surface area contributed by atoms with Crippen molar-refractivity contribution in [3.63, 3.8) is 0 Å². The zero-order chi connectivity index (χ0) is 32.4. The SMILES string of the molecule is O=C(OC(CCC/C=C/CCCC(OC(=O)c1ccccc1)c1ccc(CCO)cc1)c1ccc(CCO)cc1)c1ccccc1. The van der Waals surface area contributed by atoms with Gasteiger partial charge in [-0.1, -0.05) is 97.1 Å². The zero-order valence-electron chi connectivity index (χ0n) is 26.3. The van der Waals surface area contributed by atoms with Crippen molar-refractivity contribution >= 4 is 11.9 Å². The van der Waals surface area contributed by atoms with Gasteiger partial charge in [-0.2, -0.15) is 0 Å². The summed E-state index contributed by atoms with van der Waals surface area (Å²) >= 11 is 0. The molecule has 0 heterocycles. The van der Waals surface area contributed by atoms with Crippen LogP contribution in [0.25, 0.3) is 0 Å². The summed E-state index contributed by atoms with van der Waals surface area (Å²) in [6.07, 6.45) is 9.53. The van der Waals surface area contributed by atoms with Crippen LogP contribution in [0.2, 0.25) is 0 Å². The second-order valence-corrected chi connectivity index (χ2v) is 11.3. The Balaban J connectivity index is 1.29. The molecule has 2 atom stereocenters. The average molecular weight is 621 g/mol. The lowest BCUT2D eigenvalue weighted by Crippen LogP contribution is -2.12. The highest BCUT2D eigenvalue weighted by Gasteiger charge is 2.19. The Morgan fingerprint density at radius 2 is 0.913 bits per heavy atom. The first-order chi connectivity index (χ1) is 22.6. The highest BCUT2D eigenvalue weighted by Crippen LogP contribution is 2.27. The van der Waals surface area contributed by atoms with E-state index >= 15 is 0 Å². The van der Waals surface area contributed by atoms with Gasteiger partial charge in [0.25, 0.3) is 0 Å². The van der Waals surface area contributed by atoms with Crippen LogP contribution in [0, 0.1) is 0 Å². The Bertz CT molecular complexity index is 1370. The molecule has 2 unspecified atom stereocenters. The number of carbonyl (C=O) groups is 2. The van der Waals surface area contributed by atoms with Crippen LogP contribution in [0.5, 0.6) is 0 Å². The minimum absolute atomic E-state index is 0.0934. The fourth-order valence-electron chi connectivity index (χ4n) is 5.26. The van der Waals surface area contributed by atoms with Crippen molar-refractivity contribution < 1.29 is 29.3 Å². The summed E-state index contributed by atoms with van der Waals surface area (Å²) in [5, 5.41) is 18.5. The maximum atomic E-state index is 12.8. The average Bonchev–Trinajstić information content (AvgIpc) is 3.10. The molecular formula is C40H44O6. The molecular weight excluding hydrogens is 576 g/mol. The molecule has 0 bridgehead atoms. The van der Waals surface area contributed by atoms with Gasteiger partial charge >= 0.3 is 11.9 Å². The maximum absolute atomic E-state index is 12.8. The molecule has 0 saturated carbocycles. The molecule has 0 amide bonds. The lowest BCUT2D eigenvalue weighted by molar-refractivity contribution is 0.0263. The number of carbonyl (C=O) groups excluding carboxylic acids is 2. The monoisotopic (exact) mass is 620 g/mol. The zero-order valence-corrected chi connectivity index (χ0v) is 26.3. The molecule has 0 fully saturated rings. The number of hydrogen-bond acceptors (Lipinski definition) is 6. The molecule has 2 N–H and O–H groups in total. The van der Waals surface area contributed by atoms with Crippen molar-refractivity contribution in [1.82, 2.24) is 0 Å². The molecule has 240 valence electrons. The van der Waals surface area contributed by atoms with Crippen molar-refractivity contribution in [2.75, 3.05) is 13.2 Å². The van der Waals surface area contributed by atoms with E-state index in [-0.39, 0.29) is 37.4 Å². The fourth-order valence-corrected chi connectivity index (χ4v) is 5.26. The van der Waals surface area contributed by atoms with Crippen LogP contribution in [0.1, 0.15) is 93.7 Å². The first-order valence-electron chi connectivity index (χ1n) is 16.1. The molecule has 0 saturated heterocycles. The number of rotatable bonds is 18. The van der Waals surface area contributed by atoms with Gasteiger partial charge in [0.15, 0.2) is 0 Å². The first kappa shape index (κ1) is 34.4. The third-order valence-corrected chi connectivity index (χ3v) is 7.86. The van der Waals surface area contributed by atoms with Gasteiger partial charge < -0.3 is 19.7 Å². The molecule has 4 aromatic rings. The number of benzene rings is 4.